The quantitative estimate of drug-likeness (QED) is 0.236. The molecule has 11 heteroatoms. The van der Waals surface area contributed by atoms with Gasteiger partial charge in [-0.15, -0.1) is 5.10 Å². The van der Waals surface area contributed by atoms with Gasteiger partial charge in [0.15, 0.2) is 11.5 Å². The van der Waals surface area contributed by atoms with Crippen LogP contribution in [-0.2, 0) is 6.54 Å². The van der Waals surface area contributed by atoms with E-state index in [0.29, 0.717) is 33.4 Å². The first-order valence-corrected chi connectivity index (χ1v) is 15.3. The van der Waals surface area contributed by atoms with Crippen LogP contribution < -0.4 is 16.6 Å². The molecule has 0 bridgehead atoms. The smallest absolute Gasteiger partial charge is 0.264 e. The van der Waals surface area contributed by atoms with Crippen LogP contribution in [0.15, 0.2) is 90.2 Å². The molecule has 0 spiro atoms. The highest BCUT2D eigenvalue weighted by Crippen LogP contribution is 2.24. The summed E-state index contributed by atoms with van der Waals surface area (Å²) in [6, 6.07) is 18.0. The number of para-hydroxylation sites is 1. The molecule has 3 N–H and O–H groups in total. The van der Waals surface area contributed by atoms with Crippen LogP contribution in [0, 0.1) is 11.8 Å². The number of pyridine rings is 1. The molecule has 11 nitrogen and oxygen atoms in total. The van der Waals surface area contributed by atoms with Crippen molar-refractivity contribution in [3.8, 4) is 17.5 Å². The summed E-state index contributed by atoms with van der Waals surface area (Å²) >= 11 is 0. The van der Waals surface area contributed by atoms with Crippen molar-refractivity contribution in [2.45, 2.75) is 33.4 Å². The van der Waals surface area contributed by atoms with Crippen LogP contribution in [0.5, 0.6) is 0 Å². The third-order valence-electron chi connectivity index (χ3n) is 8.04. The number of anilines is 1. The van der Waals surface area contributed by atoms with Crippen LogP contribution in [0.2, 0.25) is 0 Å². The molecular weight excluding hydrogens is 578 g/mol. The minimum Gasteiger partial charge on any atom is -0.381 e. The molecule has 0 saturated carbocycles. The summed E-state index contributed by atoms with van der Waals surface area (Å²) in [6.07, 6.45) is 6.93. The summed E-state index contributed by atoms with van der Waals surface area (Å²) < 4.78 is 4.98. The van der Waals surface area contributed by atoms with Crippen molar-refractivity contribution in [3.63, 3.8) is 0 Å². The van der Waals surface area contributed by atoms with E-state index >= 15 is 0 Å². The summed E-state index contributed by atoms with van der Waals surface area (Å²) in [6.45, 7) is 9.80. The van der Waals surface area contributed by atoms with Gasteiger partial charge >= 0.3 is 0 Å². The van der Waals surface area contributed by atoms with Crippen LogP contribution in [0.4, 0.5) is 5.82 Å². The van der Waals surface area contributed by atoms with Crippen LogP contribution in [0.25, 0.3) is 22.1 Å². The van der Waals surface area contributed by atoms with E-state index in [9.17, 15) is 9.59 Å². The van der Waals surface area contributed by atoms with E-state index in [-0.39, 0.29) is 16.9 Å². The Morgan fingerprint density at radius 3 is 2.65 bits per heavy atom. The average Bonchev–Trinajstić information content (AvgIpc) is 3.67. The SMILES string of the molecule is CCN(CC)CCn1cc(C#Cc2cccc3cc([C@@H](C)NC(=O)c4c(N)nn5cccnc45)n(-c4ccccc4)c(=O)c23)cn1. The zero-order chi connectivity index (χ0) is 32.2. The first-order chi connectivity index (χ1) is 22.4. The summed E-state index contributed by atoms with van der Waals surface area (Å²) in [5.41, 5.74) is 9.04. The fourth-order valence-electron chi connectivity index (χ4n) is 5.59. The predicted molar refractivity (Wildman–Crippen MR) is 179 cm³/mol. The van der Waals surface area contributed by atoms with Crippen molar-refractivity contribution in [1.82, 2.24) is 39.2 Å². The molecule has 0 unspecified atom stereocenters. The number of fused-ring (bicyclic) bond motifs is 2. The van der Waals surface area contributed by atoms with Crippen LogP contribution in [0.3, 0.4) is 0 Å². The van der Waals surface area contributed by atoms with Gasteiger partial charge in [-0.05, 0) is 55.7 Å². The molecule has 0 fully saturated rings. The number of nitrogens with one attached hydrogen (secondary N) is 1. The van der Waals surface area contributed by atoms with Crippen molar-refractivity contribution in [2.75, 3.05) is 25.4 Å². The highest BCUT2D eigenvalue weighted by molar-refractivity contribution is 6.04. The van der Waals surface area contributed by atoms with Crippen molar-refractivity contribution in [2.24, 2.45) is 0 Å². The van der Waals surface area contributed by atoms with Gasteiger partial charge in [0.1, 0.15) is 5.56 Å². The van der Waals surface area contributed by atoms with Gasteiger partial charge in [0.2, 0.25) is 0 Å². The Labute approximate surface area is 266 Å². The van der Waals surface area contributed by atoms with E-state index in [2.05, 4.69) is 51.1 Å². The third kappa shape index (κ3) is 5.98. The highest BCUT2D eigenvalue weighted by atomic mass is 16.2. The van der Waals surface area contributed by atoms with E-state index in [0.717, 1.165) is 31.7 Å². The lowest BCUT2D eigenvalue weighted by Gasteiger charge is -2.21. The number of rotatable bonds is 9. The van der Waals surface area contributed by atoms with E-state index in [1.54, 1.807) is 29.2 Å². The number of carbonyl (C=O) groups excluding carboxylic acids is 1. The Hall–Kier alpha value is -5.73. The molecule has 1 atom stereocenters. The number of nitrogens with zero attached hydrogens (tertiary/aromatic N) is 7. The molecule has 0 radical (unpaired) electrons. The van der Waals surface area contributed by atoms with E-state index in [4.69, 9.17) is 5.73 Å². The Kier molecular flexibility index (Phi) is 8.63. The van der Waals surface area contributed by atoms with Gasteiger partial charge in [0.25, 0.3) is 11.5 Å². The lowest BCUT2D eigenvalue weighted by molar-refractivity contribution is 0.0941. The minimum atomic E-state index is -0.584. The van der Waals surface area contributed by atoms with Gasteiger partial charge in [0.05, 0.1) is 29.7 Å². The maximum atomic E-state index is 14.4. The second kappa shape index (κ2) is 13.1. The molecule has 0 aliphatic rings. The number of amides is 1. The second-order valence-electron chi connectivity index (χ2n) is 10.9. The summed E-state index contributed by atoms with van der Waals surface area (Å²) in [5, 5.41) is 12.9. The number of hydrogen-bond donors (Lipinski definition) is 2. The normalized spacial score (nSPS) is 11.9. The molecule has 0 aliphatic heterocycles. The second-order valence-corrected chi connectivity index (χ2v) is 10.9. The van der Waals surface area contributed by atoms with Crippen LogP contribution in [0.1, 0.15) is 54.0 Å². The molecule has 232 valence electrons. The van der Waals surface area contributed by atoms with Gasteiger partial charge in [-0.1, -0.05) is 56.0 Å². The summed E-state index contributed by atoms with van der Waals surface area (Å²) in [5.74, 6) is 6.04. The number of nitrogen functional groups attached to an aromatic ring is 1. The first-order valence-electron chi connectivity index (χ1n) is 15.3. The van der Waals surface area contributed by atoms with Gasteiger partial charge in [0, 0.05) is 42.1 Å². The van der Waals surface area contributed by atoms with Gasteiger partial charge in [-0.25, -0.2) is 9.50 Å². The maximum Gasteiger partial charge on any atom is 0.264 e. The largest absolute Gasteiger partial charge is 0.381 e. The Bertz CT molecular complexity index is 2150. The van der Waals surface area contributed by atoms with Crippen LogP contribution >= 0.6 is 0 Å². The first kappa shape index (κ1) is 30.3. The molecule has 0 saturated heterocycles. The molecule has 2 aromatic carbocycles. The van der Waals surface area contributed by atoms with Gasteiger partial charge < -0.3 is 16.0 Å². The number of carbonyl (C=O) groups is 1. The number of hydrogen-bond acceptors (Lipinski definition) is 7. The molecule has 4 aromatic heterocycles. The number of likely N-dealkylation sites (N-methyl/N-ethyl adjacent to an activating group) is 1. The number of nitrogens with two attached hydrogens (primary N) is 1. The topological polar surface area (TPSA) is 128 Å². The van der Waals surface area contributed by atoms with Crippen molar-refractivity contribution < 1.29 is 4.79 Å². The number of aromatic nitrogens is 6. The Balaban J connectivity index is 1.37. The lowest BCUT2D eigenvalue weighted by Crippen LogP contribution is -2.32. The average molecular weight is 614 g/mol. The van der Waals surface area contributed by atoms with E-state index in [1.165, 1.54) is 4.52 Å². The lowest BCUT2D eigenvalue weighted by atomic mass is 10.0. The molecule has 6 aromatic rings. The Morgan fingerprint density at radius 1 is 1.07 bits per heavy atom. The molecule has 4 heterocycles. The predicted octanol–water partition coefficient (Wildman–Crippen LogP) is 4.04. The zero-order valence-corrected chi connectivity index (χ0v) is 26.0. The van der Waals surface area contributed by atoms with Crippen molar-refractivity contribution >= 4 is 28.1 Å². The van der Waals surface area contributed by atoms with Crippen LogP contribution in [-0.4, -0.2) is 59.4 Å². The fraction of sp³-hybridized carbons (Fsp3) is 0.229. The van der Waals surface area contributed by atoms with Crippen molar-refractivity contribution in [3.05, 3.63) is 118 Å². The fourth-order valence-corrected chi connectivity index (χ4v) is 5.59. The summed E-state index contributed by atoms with van der Waals surface area (Å²) in [4.78, 5) is 34.5. The van der Waals surface area contributed by atoms with E-state index in [1.807, 2.05) is 72.4 Å². The molecular formula is C35H35N9O2. The minimum absolute atomic E-state index is 0.0695. The number of benzene rings is 2. The molecule has 46 heavy (non-hydrogen) atoms. The molecule has 0 aliphatic carbocycles. The summed E-state index contributed by atoms with van der Waals surface area (Å²) in [7, 11) is 0. The van der Waals surface area contributed by atoms with Gasteiger partial charge in [-0.3, -0.25) is 18.8 Å². The van der Waals surface area contributed by atoms with Crippen molar-refractivity contribution in [1.29, 1.82) is 0 Å². The standard InChI is InChI=1S/C35H35N9O2/c1-4-41(5-2)19-20-42-23-25(22-38-42)15-16-26-11-9-12-27-21-29(44(35(46)30(26)27)28-13-7-6-8-14-28)24(3)39-34(45)31-32(36)40-43-18-10-17-37-33(31)43/h6-14,17-18,21-24H,4-5,19-20H2,1-3H3,(H2,36,40)(H,39,45)/t24-/m1/s1. The highest BCUT2D eigenvalue weighted by Gasteiger charge is 2.24. The van der Waals surface area contributed by atoms with Gasteiger partial charge in [-0.2, -0.15) is 5.10 Å². The van der Waals surface area contributed by atoms with E-state index < -0.39 is 11.9 Å². The molecule has 1 amide bonds. The maximum absolute atomic E-state index is 14.4. The molecule has 6 rings (SSSR count). The zero-order valence-electron chi connectivity index (χ0n) is 26.0. The third-order valence-corrected chi connectivity index (χ3v) is 8.04. The monoisotopic (exact) mass is 613 g/mol. The Morgan fingerprint density at radius 2 is 1.87 bits per heavy atom.